The Kier molecular flexibility index (Phi) is 5.27. The summed E-state index contributed by atoms with van der Waals surface area (Å²) in [6.07, 6.45) is 1.33. The van der Waals surface area contributed by atoms with E-state index in [1.807, 2.05) is 30.3 Å². The van der Waals surface area contributed by atoms with Gasteiger partial charge in [-0.1, -0.05) is 35.5 Å². The minimum atomic E-state index is -0.330. The van der Waals surface area contributed by atoms with Crippen LogP contribution in [0.25, 0.3) is 0 Å². The van der Waals surface area contributed by atoms with Crippen LogP contribution < -0.4 is 0 Å². The summed E-state index contributed by atoms with van der Waals surface area (Å²) in [5, 5.41) is 8.02. The van der Waals surface area contributed by atoms with Crippen molar-refractivity contribution in [3.63, 3.8) is 0 Å². The highest BCUT2D eigenvalue weighted by molar-refractivity contribution is 5.92. The summed E-state index contributed by atoms with van der Waals surface area (Å²) in [6, 6.07) is 9.87. The summed E-state index contributed by atoms with van der Waals surface area (Å²) in [5.41, 5.74) is 1.41. The second kappa shape index (κ2) is 7.78. The lowest BCUT2D eigenvalue weighted by atomic mass is 10.2. The van der Waals surface area contributed by atoms with Crippen LogP contribution >= 0.6 is 0 Å². The van der Waals surface area contributed by atoms with Gasteiger partial charge in [0.15, 0.2) is 5.69 Å². The molecule has 1 saturated heterocycles. The Bertz CT molecular complexity index is 723. The molecule has 8 nitrogen and oxygen atoms in total. The monoisotopic (exact) mass is 343 g/mol. The topological polar surface area (TPSA) is 80.6 Å². The average Bonchev–Trinajstić information content (AvgIpc) is 3.11. The van der Waals surface area contributed by atoms with Gasteiger partial charge in [0.1, 0.15) is 0 Å². The molecule has 132 valence electrons. The number of ether oxygens (including phenoxy) is 1. The Labute approximate surface area is 146 Å². The maximum absolute atomic E-state index is 12.5. The molecule has 0 aliphatic carbocycles. The number of carbonyl (C=O) groups excluding carboxylic acids is 2. The molecule has 2 amide bonds. The van der Waals surface area contributed by atoms with Gasteiger partial charge < -0.3 is 14.5 Å². The molecule has 1 aliphatic rings. The van der Waals surface area contributed by atoms with Crippen molar-refractivity contribution in [2.45, 2.75) is 13.5 Å². The van der Waals surface area contributed by atoms with E-state index in [1.165, 1.54) is 0 Å². The van der Waals surface area contributed by atoms with Gasteiger partial charge in [0, 0.05) is 26.2 Å². The molecule has 0 atom stereocenters. The molecule has 0 saturated carbocycles. The maximum atomic E-state index is 12.5. The SMILES string of the molecule is CCOC(=O)N1CCN(C(=O)c2cn(Cc3ccccc3)nn2)CC1. The first kappa shape index (κ1) is 16.9. The van der Waals surface area contributed by atoms with Gasteiger partial charge in [0.2, 0.25) is 0 Å². The molecule has 1 fully saturated rings. The molecule has 0 radical (unpaired) electrons. The van der Waals surface area contributed by atoms with Crippen molar-refractivity contribution < 1.29 is 14.3 Å². The van der Waals surface area contributed by atoms with E-state index >= 15 is 0 Å². The van der Waals surface area contributed by atoms with Crippen LogP contribution in [-0.2, 0) is 11.3 Å². The molecule has 0 spiro atoms. The molecule has 0 unspecified atom stereocenters. The molecule has 3 rings (SSSR count). The van der Waals surface area contributed by atoms with Crippen LogP contribution in [0.3, 0.4) is 0 Å². The van der Waals surface area contributed by atoms with Crippen molar-refractivity contribution in [1.29, 1.82) is 0 Å². The molecule has 1 aromatic heterocycles. The van der Waals surface area contributed by atoms with Crippen molar-refractivity contribution in [3.8, 4) is 0 Å². The third-order valence-electron chi connectivity index (χ3n) is 4.04. The van der Waals surface area contributed by atoms with E-state index in [0.717, 1.165) is 5.56 Å². The van der Waals surface area contributed by atoms with Gasteiger partial charge in [-0.2, -0.15) is 0 Å². The minimum Gasteiger partial charge on any atom is -0.450 e. The standard InChI is InChI=1S/C17H21N5O3/c1-2-25-17(24)21-10-8-20(9-11-21)16(23)15-13-22(19-18-15)12-14-6-4-3-5-7-14/h3-7,13H,2,8-12H2,1H3. The van der Waals surface area contributed by atoms with E-state index < -0.39 is 0 Å². The number of piperazine rings is 1. The molecule has 0 N–H and O–H groups in total. The lowest BCUT2D eigenvalue weighted by Gasteiger charge is -2.33. The first-order valence-electron chi connectivity index (χ1n) is 8.32. The van der Waals surface area contributed by atoms with Gasteiger partial charge in [-0.05, 0) is 12.5 Å². The second-order valence-electron chi connectivity index (χ2n) is 5.77. The van der Waals surface area contributed by atoms with Gasteiger partial charge in [-0.25, -0.2) is 9.48 Å². The first-order valence-corrected chi connectivity index (χ1v) is 8.32. The van der Waals surface area contributed by atoms with Crippen LogP contribution in [0.5, 0.6) is 0 Å². The number of benzene rings is 1. The summed E-state index contributed by atoms with van der Waals surface area (Å²) in [5.74, 6) is -0.164. The second-order valence-corrected chi connectivity index (χ2v) is 5.77. The highest BCUT2D eigenvalue weighted by Gasteiger charge is 2.26. The molecular formula is C17H21N5O3. The lowest BCUT2D eigenvalue weighted by molar-refractivity contribution is 0.0566. The average molecular weight is 343 g/mol. The number of rotatable bonds is 4. The van der Waals surface area contributed by atoms with Crippen LogP contribution in [0.1, 0.15) is 23.0 Å². The minimum absolute atomic E-state index is 0.164. The van der Waals surface area contributed by atoms with Gasteiger partial charge in [-0.15, -0.1) is 5.10 Å². The fourth-order valence-corrected chi connectivity index (χ4v) is 2.71. The molecule has 0 bridgehead atoms. The Morgan fingerprint density at radius 1 is 1.08 bits per heavy atom. The van der Waals surface area contributed by atoms with E-state index in [-0.39, 0.29) is 12.0 Å². The molecule has 25 heavy (non-hydrogen) atoms. The van der Waals surface area contributed by atoms with Gasteiger partial charge in [0.25, 0.3) is 5.91 Å². The zero-order valence-corrected chi connectivity index (χ0v) is 14.2. The number of carbonyl (C=O) groups is 2. The van der Waals surface area contributed by atoms with Crippen molar-refractivity contribution in [3.05, 3.63) is 47.8 Å². The molecule has 1 aliphatic heterocycles. The third kappa shape index (κ3) is 4.14. The van der Waals surface area contributed by atoms with Crippen LogP contribution in [0.15, 0.2) is 36.5 Å². The largest absolute Gasteiger partial charge is 0.450 e. The Hall–Kier alpha value is -2.90. The van der Waals surface area contributed by atoms with Crippen molar-refractivity contribution in [1.82, 2.24) is 24.8 Å². The number of hydrogen-bond donors (Lipinski definition) is 0. The molecule has 2 heterocycles. The fourth-order valence-electron chi connectivity index (χ4n) is 2.71. The summed E-state index contributed by atoms with van der Waals surface area (Å²) >= 11 is 0. The van der Waals surface area contributed by atoms with E-state index in [1.54, 1.807) is 27.6 Å². The lowest BCUT2D eigenvalue weighted by Crippen LogP contribution is -2.50. The predicted octanol–water partition coefficient (Wildman–Crippen LogP) is 1.24. The summed E-state index contributed by atoms with van der Waals surface area (Å²) in [6.45, 7) is 4.54. The van der Waals surface area contributed by atoms with Crippen molar-refractivity contribution in [2.24, 2.45) is 0 Å². The van der Waals surface area contributed by atoms with E-state index in [2.05, 4.69) is 10.3 Å². The number of aromatic nitrogens is 3. The molecule has 1 aromatic carbocycles. The zero-order chi connectivity index (χ0) is 17.6. The van der Waals surface area contributed by atoms with E-state index in [9.17, 15) is 9.59 Å². The van der Waals surface area contributed by atoms with Gasteiger partial charge >= 0.3 is 6.09 Å². The highest BCUT2D eigenvalue weighted by Crippen LogP contribution is 2.09. The zero-order valence-electron chi connectivity index (χ0n) is 14.2. The van der Waals surface area contributed by atoms with E-state index in [0.29, 0.717) is 45.0 Å². The number of nitrogens with zero attached hydrogens (tertiary/aromatic N) is 5. The van der Waals surface area contributed by atoms with Crippen LogP contribution in [0.4, 0.5) is 4.79 Å². The Morgan fingerprint density at radius 2 is 1.76 bits per heavy atom. The van der Waals surface area contributed by atoms with Gasteiger partial charge in [-0.3, -0.25) is 4.79 Å². The van der Waals surface area contributed by atoms with Crippen LogP contribution in [0, 0.1) is 0 Å². The van der Waals surface area contributed by atoms with Gasteiger partial charge in [0.05, 0.1) is 19.3 Å². The quantitative estimate of drug-likeness (QED) is 0.834. The van der Waals surface area contributed by atoms with E-state index in [4.69, 9.17) is 4.74 Å². The molecular weight excluding hydrogens is 322 g/mol. The first-order chi connectivity index (χ1) is 12.2. The summed E-state index contributed by atoms with van der Waals surface area (Å²) in [7, 11) is 0. The van der Waals surface area contributed by atoms with Crippen molar-refractivity contribution in [2.75, 3.05) is 32.8 Å². The predicted molar refractivity (Wildman–Crippen MR) is 90.1 cm³/mol. The summed E-state index contributed by atoms with van der Waals surface area (Å²) < 4.78 is 6.63. The number of amides is 2. The Morgan fingerprint density at radius 3 is 2.44 bits per heavy atom. The highest BCUT2D eigenvalue weighted by atomic mass is 16.6. The smallest absolute Gasteiger partial charge is 0.409 e. The molecule has 2 aromatic rings. The van der Waals surface area contributed by atoms with Crippen LogP contribution in [0.2, 0.25) is 0 Å². The van der Waals surface area contributed by atoms with Crippen molar-refractivity contribution >= 4 is 12.0 Å². The normalized spacial score (nSPS) is 14.4. The van der Waals surface area contributed by atoms with Crippen LogP contribution in [-0.4, -0.2) is 69.6 Å². The third-order valence-corrected chi connectivity index (χ3v) is 4.04. The molecule has 8 heteroatoms. The fraction of sp³-hybridized carbons (Fsp3) is 0.412. The Balaban J connectivity index is 1.56. The summed E-state index contributed by atoms with van der Waals surface area (Å²) in [4.78, 5) is 27.5. The maximum Gasteiger partial charge on any atom is 0.409 e. The number of hydrogen-bond acceptors (Lipinski definition) is 5.